The largest absolute Gasteiger partial charge is 0.345 e. The molecule has 2 bridgehead atoms. The molecule has 2 fully saturated rings. The average Bonchev–Trinajstić information content (AvgIpc) is 3.02. The van der Waals surface area contributed by atoms with E-state index in [0.29, 0.717) is 6.04 Å². The van der Waals surface area contributed by atoms with Gasteiger partial charge in [0.25, 0.3) is 0 Å². The van der Waals surface area contributed by atoms with Crippen molar-refractivity contribution < 1.29 is 0 Å². The van der Waals surface area contributed by atoms with Crippen LogP contribution in [0.2, 0.25) is 0 Å². The van der Waals surface area contributed by atoms with Crippen molar-refractivity contribution in [1.29, 1.82) is 0 Å². The Kier molecular flexibility index (Phi) is 2.64. The summed E-state index contributed by atoms with van der Waals surface area (Å²) in [6, 6.07) is 1.15. The number of thiazole rings is 1. The molecule has 1 saturated carbocycles. The highest BCUT2D eigenvalue weighted by Crippen LogP contribution is 2.41. The second-order valence-electron chi connectivity index (χ2n) is 5.05. The van der Waals surface area contributed by atoms with Gasteiger partial charge in [-0.15, -0.1) is 11.3 Å². The van der Waals surface area contributed by atoms with Gasteiger partial charge in [0.15, 0.2) is 5.13 Å². The van der Waals surface area contributed by atoms with E-state index in [1.807, 2.05) is 7.05 Å². The van der Waals surface area contributed by atoms with Gasteiger partial charge in [-0.1, -0.05) is 0 Å². The molecule has 1 aromatic rings. The fraction of sp³-hybridized carbons (Fsp3) is 0.750. The minimum atomic E-state index is 0.366. The first kappa shape index (κ1) is 10.5. The molecule has 16 heavy (non-hydrogen) atoms. The summed E-state index contributed by atoms with van der Waals surface area (Å²) in [5.41, 5.74) is 1.19. The maximum Gasteiger partial charge on any atom is 0.185 e. The normalized spacial score (nSPS) is 30.0. The molecule has 1 saturated heterocycles. The van der Waals surface area contributed by atoms with Gasteiger partial charge < -0.3 is 10.2 Å². The summed E-state index contributed by atoms with van der Waals surface area (Å²) in [5.74, 6) is 0.944. The quantitative estimate of drug-likeness (QED) is 0.875. The first-order valence-electron chi connectivity index (χ1n) is 6.17. The number of aromatic nitrogens is 1. The number of rotatable bonds is 3. The molecule has 0 spiro atoms. The Balaban J connectivity index is 1.77. The fourth-order valence-corrected chi connectivity index (χ4v) is 3.91. The summed E-state index contributed by atoms with van der Waals surface area (Å²) in [6.07, 6.45) is 4.21. The van der Waals surface area contributed by atoms with Gasteiger partial charge >= 0.3 is 0 Å². The highest BCUT2D eigenvalue weighted by Gasteiger charge is 2.38. The molecular formula is C12H19N3S. The maximum atomic E-state index is 4.76. The van der Waals surface area contributed by atoms with Gasteiger partial charge in [0.1, 0.15) is 0 Å². The van der Waals surface area contributed by atoms with Crippen LogP contribution in [0.25, 0.3) is 0 Å². The van der Waals surface area contributed by atoms with Gasteiger partial charge in [-0.2, -0.15) is 0 Å². The van der Waals surface area contributed by atoms with Gasteiger partial charge in [-0.05, 0) is 39.2 Å². The number of nitrogens with zero attached hydrogens (tertiary/aromatic N) is 2. The van der Waals surface area contributed by atoms with Crippen LogP contribution in [0, 0.1) is 5.92 Å². The van der Waals surface area contributed by atoms with Crippen molar-refractivity contribution in [2.75, 3.05) is 18.5 Å². The summed E-state index contributed by atoms with van der Waals surface area (Å²) in [5, 5.41) is 6.68. The first-order valence-corrected chi connectivity index (χ1v) is 7.05. The van der Waals surface area contributed by atoms with Crippen LogP contribution in [-0.2, 0) is 0 Å². The molecular weight excluding hydrogens is 218 g/mol. The standard InChI is InChI=1S/C12H19N3S/c1-8(13-2)11-7-16-12(14-11)15-6-9-3-4-10(15)5-9/h7-10,13H,3-6H2,1-2H3. The third-order valence-electron chi connectivity index (χ3n) is 4.04. The molecule has 0 amide bonds. The van der Waals surface area contributed by atoms with Gasteiger partial charge in [0.05, 0.1) is 5.69 Å². The molecule has 3 rings (SSSR count). The summed E-state index contributed by atoms with van der Waals surface area (Å²) in [7, 11) is 1.99. The molecule has 2 heterocycles. The SMILES string of the molecule is CNC(C)c1csc(N2CC3CCC2C3)n1. The predicted octanol–water partition coefficient (Wildman–Crippen LogP) is 2.41. The van der Waals surface area contributed by atoms with Crippen LogP contribution in [0.4, 0.5) is 5.13 Å². The molecule has 88 valence electrons. The van der Waals surface area contributed by atoms with Gasteiger partial charge in [0.2, 0.25) is 0 Å². The van der Waals surface area contributed by atoms with Crippen LogP contribution in [-0.4, -0.2) is 24.6 Å². The maximum absolute atomic E-state index is 4.76. The monoisotopic (exact) mass is 237 g/mol. The zero-order chi connectivity index (χ0) is 11.1. The lowest BCUT2D eigenvalue weighted by Crippen LogP contribution is -2.31. The van der Waals surface area contributed by atoms with E-state index in [-0.39, 0.29) is 0 Å². The number of anilines is 1. The van der Waals surface area contributed by atoms with E-state index in [2.05, 4.69) is 22.5 Å². The van der Waals surface area contributed by atoms with E-state index in [1.165, 1.54) is 36.6 Å². The Morgan fingerprint density at radius 3 is 3.06 bits per heavy atom. The van der Waals surface area contributed by atoms with Gasteiger partial charge in [-0.3, -0.25) is 0 Å². The second kappa shape index (κ2) is 4.00. The van der Waals surface area contributed by atoms with Gasteiger partial charge in [-0.25, -0.2) is 4.98 Å². The lowest BCUT2D eigenvalue weighted by atomic mass is 10.1. The van der Waals surface area contributed by atoms with Crippen molar-refractivity contribution in [3.05, 3.63) is 11.1 Å². The van der Waals surface area contributed by atoms with Crippen LogP contribution in [0.5, 0.6) is 0 Å². The van der Waals surface area contributed by atoms with Crippen molar-refractivity contribution in [3.8, 4) is 0 Å². The van der Waals surface area contributed by atoms with Gasteiger partial charge in [0, 0.05) is 24.0 Å². The van der Waals surface area contributed by atoms with Crippen molar-refractivity contribution >= 4 is 16.5 Å². The lowest BCUT2D eigenvalue weighted by molar-refractivity contribution is 0.551. The van der Waals surface area contributed by atoms with Crippen molar-refractivity contribution in [1.82, 2.24) is 10.3 Å². The minimum Gasteiger partial charge on any atom is -0.345 e. The predicted molar refractivity (Wildman–Crippen MR) is 68.1 cm³/mol. The van der Waals surface area contributed by atoms with E-state index in [9.17, 15) is 0 Å². The first-order chi connectivity index (χ1) is 7.78. The highest BCUT2D eigenvalue weighted by molar-refractivity contribution is 7.13. The number of hydrogen-bond acceptors (Lipinski definition) is 4. The third kappa shape index (κ3) is 1.64. The molecule has 0 radical (unpaired) electrons. The molecule has 3 nitrogen and oxygen atoms in total. The van der Waals surface area contributed by atoms with E-state index >= 15 is 0 Å². The van der Waals surface area contributed by atoms with Crippen LogP contribution < -0.4 is 10.2 Å². The lowest BCUT2D eigenvalue weighted by Gasteiger charge is -2.26. The zero-order valence-corrected chi connectivity index (χ0v) is 10.8. The van der Waals surface area contributed by atoms with Crippen LogP contribution in [0.3, 0.4) is 0 Å². The van der Waals surface area contributed by atoms with Crippen LogP contribution >= 0.6 is 11.3 Å². The fourth-order valence-electron chi connectivity index (χ4n) is 2.91. The molecule has 1 aliphatic heterocycles. The summed E-state index contributed by atoms with van der Waals surface area (Å²) in [4.78, 5) is 7.30. The smallest absolute Gasteiger partial charge is 0.185 e. The second-order valence-corrected chi connectivity index (χ2v) is 5.89. The number of piperidine rings is 1. The Morgan fingerprint density at radius 1 is 1.56 bits per heavy atom. The molecule has 3 unspecified atom stereocenters. The summed E-state index contributed by atoms with van der Waals surface area (Å²) < 4.78 is 0. The Labute approximate surface area is 101 Å². The Morgan fingerprint density at radius 2 is 2.44 bits per heavy atom. The summed E-state index contributed by atoms with van der Waals surface area (Å²) >= 11 is 1.80. The van der Waals surface area contributed by atoms with Crippen molar-refractivity contribution in [2.24, 2.45) is 5.92 Å². The average molecular weight is 237 g/mol. The zero-order valence-electron chi connectivity index (χ0n) is 9.94. The molecule has 3 atom stereocenters. The number of hydrogen-bond donors (Lipinski definition) is 1. The Bertz CT molecular complexity index is 376. The molecule has 1 aromatic heterocycles. The highest BCUT2D eigenvalue weighted by atomic mass is 32.1. The molecule has 1 aliphatic carbocycles. The third-order valence-corrected chi connectivity index (χ3v) is 4.94. The summed E-state index contributed by atoms with van der Waals surface area (Å²) in [6.45, 7) is 3.40. The van der Waals surface area contributed by atoms with E-state index in [4.69, 9.17) is 4.98 Å². The molecule has 1 N–H and O–H groups in total. The van der Waals surface area contributed by atoms with E-state index in [1.54, 1.807) is 11.3 Å². The van der Waals surface area contributed by atoms with Crippen LogP contribution in [0.15, 0.2) is 5.38 Å². The van der Waals surface area contributed by atoms with Crippen molar-refractivity contribution in [2.45, 2.75) is 38.3 Å². The topological polar surface area (TPSA) is 28.2 Å². The van der Waals surface area contributed by atoms with Crippen LogP contribution in [0.1, 0.15) is 37.9 Å². The minimum absolute atomic E-state index is 0.366. The van der Waals surface area contributed by atoms with E-state index < -0.39 is 0 Å². The molecule has 4 heteroatoms. The number of fused-ring (bicyclic) bond motifs is 2. The molecule has 0 aromatic carbocycles. The Hall–Kier alpha value is -0.610. The molecule has 2 aliphatic rings. The van der Waals surface area contributed by atoms with Crippen molar-refractivity contribution in [3.63, 3.8) is 0 Å². The van der Waals surface area contributed by atoms with E-state index in [0.717, 1.165) is 12.0 Å². The number of nitrogens with one attached hydrogen (secondary N) is 1.